The molecule has 0 saturated carbocycles. The maximum absolute atomic E-state index is 11.9. The zero-order valence-corrected chi connectivity index (χ0v) is 17.0. The number of rotatable bonds is 16. The van der Waals surface area contributed by atoms with Gasteiger partial charge in [-0.05, 0) is 37.6 Å². The Balaban J connectivity index is 1.91. The predicted molar refractivity (Wildman–Crippen MR) is 107 cm³/mol. The molecule has 154 valence electrons. The molecule has 5 heteroatoms. The van der Waals surface area contributed by atoms with Gasteiger partial charge in [0.15, 0.2) is 0 Å². The van der Waals surface area contributed by atoms with Crippen LogP contribution in [-0.4, -0.2) is 37.2 Å². The van der Waals surface area contributed by atoms with Crippen molar-refractivity contribution in [2.75, 3.05) is 19.8 Å². The lowest BCUT2D eigenvalue weighted by Crippen LogP contribution is -2.20. The third kappa shape index (κ3) is 12.4. The van der Waals surface area contributed by atoms with E-state index >= 15 is 0 Å². The lowest BCUT2D eigenvalue weighted by Gasteiger charge is -2.14. The Morgan fingerprint density at radius 2 is 1.48 bits per heavy atom. The number of esters is 1. The molecule has 0 radical (unpaired) electrons. The smallest absolute Gasteiger partial charge is 0.340 e. The summed E-state index contributed by atoms with van der Waals surface area (Å²) in [5, 5.41) is 9.22. The van der Waals surface area contributed by atoms with E-state index in [9.17, 15) is 9.90 Å². The normalized spacial score (nSPS) is 12.1. The maximum atomic E-state index is 11.9. The molecular formula is C22H36O5. The molecule has 0 saturated heterocycles. The Bertz CT molecular complexity index is 486. The molecule has 0 fully saturated rings. The van der Waals surface area contributed by atoms with E-state index in [0.29, 0.717) is 18.8 Å². The average molecular weight is 381 g/mol. The number of phenols is 1. The fraction of sp³-hybridized carbons (Fsp3) is 0.682. The van der Waals surface area contributed by atoms with E-state index in [-0.39, 0.29) is 5.75 Å². The quantitative estimate of drug-likeness (QED) is 0.234. The Morgan fingerprint density at radius 3 is 2.11 bits per heavy atom. The van der Waals surface area contributed by atoms with E-state index in [1.807, 2.05) is 0 Å². The van der Waals surface area contributed by atoms with Crippen LogP contribution in [0.2, 0.25) is 0 Å². The number of carbonyl (C=O) groups excluding carboxylic acids is 1. The van der Waals surface area contributed by atoms with Gasteiger partial charge in [0.2, 0.25) is 6.29 Å². The zero-order chi connectivity index (χ0) is 19.7. The lowest BCUT2D eigenvalue weighted by atomic mass is 10.1. The van der Waals surface area contributed by atoms with Gasteiger partial charge < -0.3 is 19.3 Å². The van der Waals surface area contributed by atoms with Gasteiger partial charge in [0.05, 0.1) is 18.8 Å². The molecule has 0 bridgehead atoms. The van der Waals surface area contributed by atoms with Gasteiger partial charge in [-0.2, -0.15) is 0 Å². The van der Waals surface area contributed by atoms with Crippen LogP contribution in [-0.2, 0) is 14.2 Å². The summed E-state index contributed by atoms with van der Waals surface area (Å²) in [4.78, 5) is 11.9. The van der Waals surface area contributed by atoms with E-state index in [1.165, 1.54) is 75.6 Å². The Kier molecular flexibility index (Phi) is 13.4. The van der Waals surface area contributed by atoms with Gasteiger partial charge in [0.25, 0.3) is 0 Å². The molecule has 27 heavy (non-hydrogen) atoms. The summed E-state index contributed by atoms with van der Waals surface area (Å²) in [6.45, 7) is 5.56. The molecule has 5 nitrogen and oxygen atoms in total. The second kappa shape index (κ2) is 15.5. The van der Waals surface area contributed by atoms with Crippen molar-refractivity contribution in [3.05, 3.63) is 29.8 Å². The highest BCUT2D eigenvalue weighted by atomic mass is 16.7. The van der Waals surface area contributed by atoms with Crippen LogP contribution in [0.1, 0.15) is 82.0 Å². The molecule has 0 aliphatic carbocycles. The van der Waals surface area contributed by atoms with Gasteiger partial charge in [-0.25, -0.2) is 4.79 Å². The third-order valence-electron chi connectivity index (χ3n) is 4.35. The number of aromatic hydroxyl groups is 1. The molecule has 0 spiro atoms. The van der Waals surface area contributed by atoms with Crippen LogP contribution in [0.4, 0.5) is 0 Å². The monoisotopic (exact) mass is 380 g/mol. The van der Waals surface area contributed by atoms with Crippen LogP contribution >= 0.6 is 0 Å². The first kappa shape index (κ1) is 23.4. The van der Waals surface area contributed by atoms with Crippen LogP contribution in [0.25, 0.3) is 0 Å². The molecular weight excluding hydrogens is 344 g/mol. The molecule has 1 aromatic carbocycles. The summed E-state index contributed by atoms with van der Waals surface area (Å²) in [5.41, 5.74) is 0.380. The van der Waals surface area contributed by atoms with Crippen molar-refractivity contribution in [1.29, 1.82) is 0 Å². The number of ether oxygens (including phenoxy) is 3. The molecule has 0 aliphatic heterocycles. The van der Waals surface area contributed by atoms with Crippen molar-refractivity contribution in [2.24, 2.45) is 0 Å². The van der Waals surface area contributed by atoms with Crippen LogP contribution in [0.15, 0.2) is 24.3 Å². The van der Waals surface area contributed by atoms with E-state index in [1.54, 1.807) is 6.92 Å². The van der Waals surface area contributed by atoms with E-state index < -0.39 is 12.3 Å². The first-order chi connectivity index (χ1) is 13.1. The van der Waals surface area contributed by atoms with Gasteiger partial charge in [0.1, 0.15) is 5.75 Å². The second-order valence-electron chi connectivity index (χ2n) is 6.83. The molecule has 0 aromatic heterocycles. The van der Waals surface area contributed by atoms with Gasteiger partial charge >= 0.3 is 5.97 Å². The van der Waals surface area contributed by atoms with E-state index in [4.69, 9.17) is 14.2 Å². The van der Waals surface area contributed by atoms with Crippen molar-refractivity contribution in [2.45, 2.75) is 77.9 Å². The molecule has 1 unspecified atom stereocenters. The van der Waals surface area contributed by atoms with Gasteiger partial charge in [-0.15, -0.1) is 0 Å². The summed E-state index contributed by atoms with van der Waals surface area (Å²) < 4.78 is 16.2. The highest BCUT2D eigenvalue weighted by molar-refractivity contribution is 5.89. The van der Waals surface area contributed by atoms with Crippen molar-refractivity contribution < 1.29 is 24.1 Å². The summed E-state index contributed by atoms with van der Waals surface area (Å²) in [5.74, 6) is -0.363. The van der Waals surface area contributed by atoms with Crippen molar-refractivity contribution >= 4 is 5.97 Å². The number of carbonyl (C=O) groups is 1. The minimum absolute atomic E-state index is 0.111. The van der Waals surface area contributed by atoms with Crippen LogP contribution in [0.3, 0.4) is 0 Å². The molecule has 0 amide bonds. The van der Waals surface area contributed by atoms with Crippen molar-refractivity contribution in [3.63, 3.8) is 0 Å². The van der Waals surface area contributed by atoms with Gasteiger partial charge in [-0.3, -0.25) is 0 Å². The van der Waals surface area contributed by atoms with Crippen LogP contribution in [0.5, 0.6) is 5.75 Å². The fourth-order valence-electron chi connectivity index (χ4n) is 2.74. The zero-order valence-electron chi connectivity index (χ0n) is 17.0. The van der Waals surface area contributed by atoms with E-state index in [0.717, 1.165) is 13.0 Å². The standard InChI is InChI=1S/C22H36O5/c1-3-4-5-6-7-8-9-10-11-16-25-17-18-26-19(2)27-22(24)20-12-14-21(23)15-13-20/h12-15,19,23H,3-11,16-18H2,1-2H3. The van der Waals surface area contributed by atoms with Crippen LogP contribution < -0.4 is 0 Å². The van der Waals surface area contributed by atoms with E-state index in [2.05, 4.69) is 6.92 Å². The minimum atomic E-state index is -0.636. The highest BCUT2D eigenvalue weighted by Gasteiger charge is 2.12. The maximum Gasteiger partial charge on any atom is 0.340 e. The summed E-state index contributed by atoms with van der Waals surface area (Å²) in [6.07, 6.45) is 11.1. The van der Waals surface area contributed by atoms with Crippen molar-refractivity contribution in [3.8, 4) is 5.75 Å². The average Bonchev–Trinajstić information content (AvgIpc) is 2.66. The summed E-state index contributed by atoms with van der Waals surface area (Å²) >= 11 is 0. The second-order valence-corrected chi connectivity index (χ2v) is 6.83. The summed E-state index contributed by atoms with van der Waals surface area (Å²) in [6, 6.07) is 5.92. The Hall–Kier alpha value is -1.59. The first-order valence-electron chi connectivity index (χ1n) is 10.3. The molecule has 1 atom stereocenters. The molecule has 1 N–H and O–H groups in total. The topological polar surface area (TPSA) is 65.0 Å². The number of hydrogen-bond acceptors (Lipinski definition) is 5. The summed E-state index contributed by atoms with van der Waals surface area (Å²) in [7, 11) is 0. The SMILES string of the molecule is CCCCCCCCCCCOCCOC(C)OC(=O)c1ccc(O)cc1. The largest absolute Gasteiger partial charge is 0.508 e. The Morgan fingerprint density at radius 1 is 0.889 bits per heavy atom. The Labute approximate surface area is 164 Å². The number of hydrogen-bond donors (Lipinski definition) is 1. The number of phenolic OH excluding ortho intramolecular Hbond substituents is 1. The highest BCUT2D eigenvalue weighted by Crippen LogP contribution is 2.12. The fourth-order valence-corrected chi connectivity index (χ4v) is 2.74. The molecule has 0 aliphatic rings. The molecule has 0 heterocycles. The number of benzene rings is 1. The van der Waals surface area contributed by atoms with Gasteiger partial charge in [-0.1, -0.05) is 58.3 Å². The predicted octanol–water partition coefficient (Wildman–Crippen LogP) is 5.46. The molecule has 1 rings (SSSR count). The third-order valence-corrected chi connectivity index (χ3v) is 4.35. The minimum Gasteiger partial charge on any atom is -0.508 e. The van der Waals surface area contributed by atoms with Crippen LogP contribution in [0, 0.1) is 0 Å². The van der Waals surface area contributed by atoms with Crippen molar-refractivity contribution in [1.82, 2.24) is 0 Å². The molecule has 1 aromatic rings. The number of unbranched alkanes of at least 4 members (excludes halogenated alkanes) is 8. The lowest BCUT2D eigenvalue weighted by molar-refractivity contribution is -0.109. The first-order valence-corrected chi connectivity index (χ1v) is 10.3. The van der Waals surface area contributed by atoms with Gasteiger partial charge in [0, 0.05) is 6.61 Å².